The number of carboxylic acids is 1. The lowest BCUT2D eigenvalue weighted by Gasteiger charge is -2.11. The molecule has 0 saturated carbocycles. The van der Waals surface area contributed by atoms with Crippen molar-refractivity contribution >= 4 is 27.8 Å². The van der Waals surface area contributed by atoms with Crippen LogP contribution in [0.1, 0.15) is 18.9 Å². The number of nitrogens with one attached hydrogen (secondary N) is 1. The van der Waals surface area contributed by atoms with Gasteiger partial charge in [-0.1, -0.05) is 41.1 Å². The molecule has 1 amide bonds. The van der Waals surface area contributed by atoms with Gasteiger partial charge >= 0.3 is 5.97 Å². The van der Waals surface area contributed by atoms with Gasteiger partial charge in [-0.15, -0.1) is 0 Å². The van der Waals surface area contributed by atoms with Crippen LogP contribution in [0.4, 0.5) is 0 Å². The highest BCUT2D eigenvalue weighted by Gasteiger charge is 2.23. The van der Waals surface area contributed by atoms with Gasteiger partial charge in [-0.25, -0.2) is 0 Å². The van der Waals surface area contributed by atoms with Gasteiger partial charge in [-0.05, 0) is 18.1 Å². The van der Waals surface area contributed by atoms with Crippen LogP contribution in [0.2, 0.25) is 0 Å². The molecule has 1 aromatic rings. The summed E-state index contributed by atoms with van der Waals surface area (Å²) in [4.78, 5) is 22.4. The van der Waals surface area contributed by atoms with Crippen LogP contribution in [0.5, 0.6) is 0 Å². The fourth-order valence-corrected chi connectivity index (χ4v) is 1.84. The molecule has 0 bridgehead atoms. The Morgan fingerprint density at radius 1 is 1.41 bits per heavy atom. The summed E-state index contributed by atoms with van der Waals surface area (Å²) in [5.74, 6) is -2.51. The van der Waals surface area contributed by atoms with Gasteiger partial charge < -0.3 is 10.4 Å². The molecule has 17 heavy (non-hydrogen) atoms. The molecule has 92 valence electrons. The summed E-state index contributed by atoms with van der Waals surface area (Å²) in [6, 6.07) is 7.48. The van der Waals surface area contributed by atoms with Gasteiger partial charge in [-0.2, -0.15) is 0 Å². The minimum atomic E-state index is -1.09. The zero-order valence-electron chi connectivity index (χ0n) is 9.44. The Bertz CT molecular complexity index is 420. The molecule has 0 aromatic heterocycles. The normalized spacial score (nSPS) is 11.9. The Kier molecular flexibility index (Phi) is 5.15. The van der Waals surface area contributed by atoms with Crippen LogP contribution in [0, 0.1) is 5.92 Å². The van der Waals surface area contributed by atoms with Crippen molar-refractivity contribution in [3.63, 3.8) is 0 Å². The molecule has 0 spiro atoms. The first-order chi connectivity index (χ1) is 8.06. The molecule has 1 aromatic carbocycles. The highest BCUT2D eigenvalue weighted by atomic mass is 79.9. The summed E-state index contributed by atoms with van der Waals surface area (Å²) >= 11 is 3.36. The number of amides is 1. The molecule has 0 heterocycles. The number of hydrogen-bond donors (Lipinski definition) is 2. The molecule has 1 rings (SSSR count). The number of carbonyl (C=O) groups excluding carboxylic acids is 1. The van der Waals surface area contributed by atoms with Crippen LogP contribution in [0.25, 0.3) is 0 Å². The van der Waals surface area contributed by atoms with E-state index in [4.69, 9.17) is 5.11 Å². The van der Waals surface area contributed by atoms with Crippen LogP contribution >= 0.6 is 15.9 Å². The van der Waals surface area contributed by atoms with E-state index in [1.165, 1.54) is 0 Å². The minimum Gasteiger partial charge on any atom is -0.481 e. The second-order valence-electron chi connectivity index (χ2n) is 3.61. The maximum absolute atomic E-state index is 11.6. The van der Waals surface area contributed by atoms with Gasteiger partial charge in [0.15, 0.2) is 0 Å². The molecule has 0 aliphatic heterocycles. The van der Waals surface area contributed by atoms with Crippen molar-refractivity contribution in [1.82, 2.24) is 5.32 Å². The Labute approximate surface area is 108 Å². The van der Waals surface area contributed by atoms with Crippen molar-refractivity contribution in [1.29, 1.82) is 0 Å². The summed E-state index contributed by atoms with van der Waals surface area (Å²) < 4.78 is 0.892. The van der Waals surface area contributed by atoms with Crippen LogP contribution in [-0.4, -0.2) is 17.0 Å². The Hall–Kier alpha value is -1.36. The molecule has 1 atom stereocenters. The lowest BCUT2D eigenvalue weighted by Crippen LogP contribution is -2.34. The summed E-state index contributed by atoms with van der Waals surface area (Å²) in [6.45, 7) is 2.00. The first kappa shape index (κ1) is 13.7. The van der Waals surface area contributed by atoms with Crippen molar-refractivity contribution in [3.8, 4) is 0 Å². The number of carbonyl (C=O) groups is 2. The number of benzene rings is 1. The van der Waals surface area contributed by atoms with Crippen molar-refractivity contribution in [3.05, 3.63) is 34.3 Å². The quantitative estimate of drug-likeness (QED) is 0.819. The molecule has 5 heteroatoms. The maximum atomic E-state index is 11.6. The summed E-state index contributed by atoms with van der Waals surface area (Å²) in [6.07, 6.45) is 0.289. The zero-order chi connectivity index (χ0) is 12.8. The van der Waals surface area contributed by atoms with Gasteiger partial charge in [0.2, 0.25) is 5.91 Å². The average Bonchev–Trinajstić information content (AvgIpc) is 2.28. The van der Waals surface area contributed by atoms with Crippen LogP contribution in [0.3, 0.4) is 0 Å². The van der Waals surface area contributed by atoms with Gasteiger partial charge in [0.05, 0.1) is 0 Å². The molecule has 0 fully saturated rings. The average molecular weight is 300 g/mol. The third kappa shape index (κ3) is 3.85. The highest BCUT2D eigenvalue weighted by molar-refractivity contribution is 9.10. The van der Waals surface area contributed by atoms with E-state index in [2.05, 4.69) is 21.2 Å². The van der Waals surface area contributed by atoms with Gasteiger partial charge in [-0.3, -0.25) is 9.59 Å². The Morgan fingerprint density at radius 3 is 2.59 bits per heavy atom. The molecule has 0 aliphatic rings. The molecule has 0 saturated heterocycles. The number of carboxylic acid groups (broad SMARTS) is 1. The van der Waals surface area contributed by atoms with Crippen molar-refractivity contribution in [2.45, 2.75) is 19.9 Å². The summed E-state index contributed by atoms with van der Waals surface area (Å²) in [7, 11) is 0. The number of aliphatic carboxylic acids is 1. The topological polar surface area (TPSA) is 66.4 Å². The molecule has 0 radical (unpaired) electrons. The standard InChI is InChI=1S/C12H14BrNO3/c1-2-9(12(16)17)11(15)14-7-8-5-3-4-6-10(8)13/h3-6,9H,2,7H2,1H3,(H,14,15)(H,16,17). The third-order valence-electron chi connectivity index (χ3n) is 2.43. The Balaban J connectivity index is 2.59. The largest absolute Gasteiger partial charge is 0.481 e. The molecule has 2 N–H and O–H groups in total. The summed E-state index contributed by atoms with van der Waals surface area (Å²) in [5.41, 5.74) is 0.918. The van der Waals surface area contributed by atoms with Crippen molar-refractivity contribution < 1.29 is 14.7 Å². The lowest BCUT2D eigenvalue weighted by atomic mass is 10.1. The van der Waals surface area contributed by atoms with E-state index in [0.717, 1.165) is 10.0 Å². The number of hydrogen-bond acceptors (Lipinski definition) is 2. The molecule has 1 unspecified atom stereocenters. The monoisotopic (exact) mass is 299 g/mol. The third-order valence-corrected chi connectivity index (χ3v) is 3.21. The van der Waals surface area contributed by atoms with E-state index in [-0.39, 0.29) is 6.42 Å². The van der Waals surface area contributed by atoms with E-state index in [0.29, 0.717) is 6.54 Å². The second kappa shape index (κ2) is 6.39. The van der Waals surface area contributed by atoms with Crippen LogP contribution in [-0.2, 0) is 16.1 Å². The fourth-order valence-electron chi connectivity index (χ4n) is 1.42. The minimum absolute atomic E-state index is 0.289. The van der Waals surface area contributed by atoms with Crippen molar-refractivity contribution in [2.24, 2.45) is 5.92 Å². The predicted octanol–water partition coefficient (Wildman–Crippen LogP) is 2.18. The fraction of sp³-hybridized carbons (Fsp3) is 0.333. The van der Waals surface area contributed by atoms with Gasteiger partial charge in [0.25, 0.3) is 0 Å². The van der Waals surface area contributed by atoms with Crippen molar-refractivity contribution in [2.75, 3.05) is 0 Å². The lowest BCUT2D eigenvalue weighted by molar-refractivity contribution is -0.147. The van der Waals surface area contributed by atoms with Gasteiger partial charge in [0, 0.05) is 11.0 Å². The maximum Gasteiger partial charge on any atom is 0.316 e. The second-order valence-corrected chi connectivity index (χ2v) is 4.46. The summed E-state index contributed by atoms with van der Waals surface area (Å²) in [5, 5.41) is 11.4. The first-order valence-electron chi connectivity index (χ1n) is 5.30. The van der Waals surface area contributed by atoms with E-state index in [1.807, 2.05) is 24.3 Å². The molecule has 0 aliphatic carbocycles. The number of rotatable bonds is 5. The zero-order valence-corrected chi connectivity index (χ0v) is 11.0. The van der Waals surface area contributed by atoms with E-state index in [9.17, 15) is 9.59 Å². The molecule has 4 nitrogen and oxygen atoms in total. The van der Waals surface area contributed by atoms with E-state index < -0.39 is 17.8 Å². The smallest absolute Gasteiger partial charge is 0.316 e. The highest BCUT2D eigenvalue weighted by Crippen LogP contribution is 2.15. The van der Waals surface area contributed by atoms with Gasteiger partial charge in [0.1, 0.15) is 5.92 Å². The van der Waals surface area contributed by atoms with Crippen LogP contribution in [0.15, 0.2) is 28.7 Å². The molecular weight excluding hydrogens is 286 g/mol. The van der Waals surface area contributed by atoms with E-state index in [1.54, 1.807) is 6.92 Å². The van der Waals surface area contributed by atoms with Crippen LogP contribution < -0.4 is 5.32 Å². The SMILES string of the molecule is CCC(C(=O)O)C(=O)NCc1ccccc1Br. The first-order valence-corrected chi connectivity index (χ1v) is 6.09. The predicted molar refractivity (Wildman–Crippen MR) is 67.4 cm³/mol. The number of halogens is 1. The van der Waals surface area contributed by atoms with E-state index >= 15 is 0 Å². The molecular formula is C12H14BrNO3. The Morgan fingerprint density at radius 2 is 2.06 bits per heavy atom.